The third-order valence-corrected chi connectivity index (χ3v) is 3.74. The second kappa shape index (κ2) is 8.72. The molecule has 0 fully saturated rings. The highest BCUT2D eigenvalue weighted by Crippen LogP contribution is 2.12. The molecule has 24 heavy (non-hydrogen) atoms. The molecule has 2 aromatic carbocycles. The first-order valence-electron chi connectivity index (χ1n) is 7.75. The number of carbonyl (C=O) groups excluding carboxylic acids is 1. The van der Waals surface area contributed by atoms with Gasteiger partial charge in [-0.15, -0.1) is 0 Å². The Morgan fingerprint density at radius 2 is 1.71 bits per heavy atom. The molecule has 0 spiro atoms. The third-order valence-electron chi connectivity index (χ3n) is 3.74. The van der Waals surface area contributed by atoms with E-state index in [1.165, 1.54) is 0 Å². The average Bonchev–Trinajstić information content (AvgIpc) is 2.60. The van der Waals surface area contributed by atoms with E-state index in [2.05, 4.69) is 5.32 Å². The largest absolute Gasteiger partial charge is 0.497 e. The number of rotatable bonds is 8. The Bertz CT molecular complexity index is 668. The van der Waals surface area contributed by atoms with Gasteiger partial charge in [-0.3, -0.25) is 9.59 Å². The summed E-state index contributed by atoms with van der Waals surface area (Å²) >= 11 is 0. The van der Waals surface area contributed by atoms with Crippen LogP contribution in [0, 0.1) is 5.92 Å². The van der Waals surface area contributed by atoms with E-state index in [0.29, 0.717) is 6.42 Å². The lowest BCUT2D eigenvalue weighted by Gasteiger charge is -2.13. The summed E-state index contributed by atoms with van der Waals surface area (Å²) in [5, 5.41) is 12.0. The van der Waals surface area contributed by atoms with Crippen molar-refractivity contribution >= 4 is 11.9 Å². The number of ether oxygens (including phenoxy) is 1. The van der Waals surface area contributed by atoms with E-state index >= 15 is 0 Å². The fourth-order valence-electron chi connectivity index (χ4n) is 2.37. The lowest BCUT2D eigenvalue weighted by molar-refractivity contribution is -0.141. The molecule has 0 saturated carbocycles. The van der Waals surface area contributed by atoms with E-state index in [4.69, 9.17) is 4.74 Å². The van der Waals surface area contributed by atoms with Crippen LogP contribution in [0.2, 0.25) is 0 Å². The summed E-state index contributed by atoms with van der Waals surface area (Å²) in [6, 6.07) is 16.6. The average molecular weight is 327 g/mol. The number of carbonyl (C=O) groups is 2. The van der Waals surface area contributed by atoms with Gasteiger partial charge in [-0.2, -0.15) is 0 Å². The number of carboxylic acid groups (broad SMARTS) is 1. The fourth-order valence-corrected chi connectivity index (χ4v) is 2.37. The molecule has 1 amide bonds. The van der Waals surface area contributed by atoms with Crippen LogP contribution in [0.3, 0.4) is 0 Å². The molecule has 126 valence electrons. The molecular weight excluding hydrogens is 306 g/mol. The molecule has 0 saturated heterocycles. The van der Waals surface area contributed by atoms with Gasteiger partial charge in [0.1, 0.15) is 5.75 Å². The third kappa shape index (κ3) is 5.43. The van der Waals surface area contributed by atoms with Crippen LogP contribution >= 0.6 is 0 Å². The van der Waals surface area contributed by atoms with E-state index < -0.39 is 11.9 Å². The van der Waals surface area contributed by atoms with E-state index in [0.717, 1.165) is 16.9 Å². The summed E-state index contributed by atoms with van der Waals surface area (Å²) in [5.74, 6) is -1.02. The summed E-state index contributed by atoms with van der Waals surface area (Å²) in [4.78, 5) is 23.4. The molecule has 2 rings (SSSR count). The monoisotopic (exact) mass is 327 g/mol. The minimum absolute atomic E-state index is 0.110. The summed E-state index contributed by atoms with van der Waals surface area (Å²) in [6.07, 6.45) is 0.598. The number of methoxy groups -OCH3 is 1. The second-order valence-corrected chi connectivity index (χ2v) is 5.55. The Labute approximate surface area is 141 Å². The van der Waals surface area contributed by atoms with E-state index in [9.17, 15) is 14.7 Å². The molecular formula is C19H21NO4. The SMILES string of the molecule is COc1ccc(CC(=O)NCC(Cc2ccccc2)C(=O)O)cc1. The molecule has 0 aliphatic rings. The van der Waals surface area contributed by atoms with Crippen molar-refractivity contribution in [1.82, 2.24) is 5.32 Å². The highest BCUT2D eigenvalue weighted by Gasteiger charge is 2.19. The number of nitrogens with one attached hydrogen (secondary N) is 1. The van der Waals surface area contributed by atoms with Gasteiger partial charge in [-0.25, -0.2) is 0 Å². The van der Waals surface area contributed by atoms with Gasteiger partial charge in [-0.1, -0.05) is 42.5 Å². The lowest BCUT2D eigenvalue weighted by atomic mass is 9.99. The Morgan fingerprint density at radius 3 is 2.29 bits per heavy atom. The Hall–Kier alpha value is -2.82. The van der Waals surface area contributed by atoms with Crippen molar-refractivity contribution in [2.24, 2.45) is 5.92 Å². The molecule has 0 aromatic heterocycles. The van der Waals surface area contributed by atoms with Crippen LogP contribution in [-0.2, 0) is 22.4 Å². The minimum Gasteiger partial charge on any atom is -0.497 e. The smallest absolute Gasteiger partial charge is 0.308 e. The zero-order chi connectivity index (χ0) is 17.4. The zero-order valence-corrected chi connectivity index (χ0v) is 13.6. The maximum absolute atomic E-state index is 12.0. The molecule has 2 N–H and O–H groups in total. The van der Waals surface area contributed by atoms with E-state index in [-0.39, 0.29) is 18.9 Å². The molecule has 0 bridgehead atoms. The Morgan fingerprint density at radius 1 is 1.04 bits per heavy atom. The van der Waals surface area contributed by atoms with Crippen molar-refractivity contribution in [3.8, 4) is 5.75 Å². The first-order valence-corrected chi connectivity index (χ1v) is 7.75. The molecule has 0 aliphatic heterocycles. The van der Waals surface area contributed by atoms with Crippen molar-refractivity contribution in [2.75, 3.05) is 13.7 Å². The van der Waals surface area contributed by atoms with Crippen LogP contribution < -0.4 is 10.1 Å². The summed E-state index contributed by atoms with van der Waals surface area (Å²) in [7, 11) is 1.58. The number of amides is 1. The van der Waals surface area contributed by atoms with E-state index in [1.54, 1.807) is 19.2 Å². The molecule has 1 atom stereocenters. The first-order chi connectivity index (χ1) is 11.6. The van der Waals surface area contributed by atoms with Crippen LogP contribution in [0.5, 0.6) is 5.75 Å². The van der Waals surface area contributed by atoms with Gasteiger partial charge in [0.05, 0.1) is 19.4 Å². The number of hydrogen-bond donors (Lipinski definition) is 2. The molecule has 0 aliphatic carbocycles. The molecule has 5 nitrogen and oxygen atoms in total. The van der Waals surface area contributed by atoms with Crippen LogP contribution in [0.25, 0.3) is 0 Å². The topological polar surface area (TPSA) is 75.6 Å². The summed E-state index contributed by atoms with van der Waals surface area (Å²) in [6.45, 7) is 0.110. The molecule has 0 radical (unpaired) electrons. The van der Waals surface area contributed by atoms with Gasteiger partial charge >= 0.3 is 5.97 Å². The predicted octanol–water partition coefficient (Wildman–Crippen LogP) is 2.30. The number of hydrogen-bond acceptors (Lipinski definition) is 3. The minimum atomic E-state index is -0.913. The van der Waals surface area contributed by atoms with Crippen molar-refractivity contribution in [1.29, 1.82) is 0 Å². The highest BCUT2D eigenvalue weighted by molar-refractivity contribution is 5.79. The van der Waals surface area contributed by atoms with Crippen LogP contribution in [0.1, 0.15) is 11.1 Å². The number of carboxylic acids is 1. The van der Waals surface area contributed by atoms with Crippen LogP contribution in [0.15, 0.2) is 54.6 Å². The zero-order valence-electron chi connectivity index (χ0n) is 13.6. The maximum atomic E-state index is 12.0. The fraction of sp³-hybridized carbons (Fsp3) is 0.263. The Kier molecular flexibility index (Phi) is 6.37. The predicted molar refractivity (Wildman–Crippen MR) is 91.0 cm³/mol. The molecule has 1 unspecified atom stereocenters. The normalized spacial score (nSPS) is 11.5. The molecule has 2 aromatic rings. The van der Waals surface area contributed by atoms with Gasteiger partial charge in [0.25, 0.3) is 0 Å². The van der Waals surface area contributed by atoms with Crippen molar-refractivity contribution < 1.29 is 19.4 Å². The molecule has 5 heteroatoms. The van der Waals surface area contributed by atoms with E-state index in [1.807, 2.05) is 42.5 Å². The Balaban J connectivity index is 1.86. The van der Waals surface area contributed by atoms with Gasteiger partial charge in [0, 0.05) is 6.54 Å². The lowest BCUT2D eigenvalue weighted by Crippen LogP contribution is -2.34. The van der Waals surface area contributed by atoms with Gasteiger partial charge < -0.3 is 15.2 Å². The van der Waals surface area contributed by atoms with Gasteiger partial charge in [0.2, 0.25) is 5.91 Å². The highest BCUT2D eigenvalue weighted by atomic mass is 16.5. The van der Waals surface area contributed by atoms with Crippen molar-refractivity contribution in [3.05, 3.63) is 65.7 Å². The number of aliphatic carboxylic acids is 1. The summed E-state index contributed by atoms with van der Waals surface area (Å²) < 4.78 is 5.07. The van der Waals surface area contributed by atoms with Crippen LogP contribution in [-0.4, -0.2) is 30.6 Å². The summed E-state index contributed by atoms with van der Waals surface area (Å²) in [5.41, 5.74) is 1.79. The first kappa shape index (κ1) is 17.5. The van der Waals surface area contributed by atoms with Crippen LogP contribution in [0.4, 0.5) is 0 Å². The van der Waals surface area contributed by atoms with Gasteiger partial charge in [-0.05, 0) is 29.7 Å². The van der Waals surface area contributed by atoms with Crippen molar-refractivity contribution in [3.63, 3.8) is 0 Å². The second-order valence-electron chi connectivity index (χ2n) is 5.55. The van der Waals surface area contributed by atoms with Gasteiger partial charge in [0.15, 0.2) is 0 Å². The molecule has 0 heterocycles. The maximum Gasteiger partial charge on any atom is 0.308 e. The standard InChI is InChI=1S/C19H21NO4/c1-24-17-9-7-15(8-10-17)12-18(21)20-13-16(19(22)23)11-14-5-3-2-4-6-14/h2-10,16H,11-13H2,1H3,(H,20,21)(H,22,23). The quantitative estimate of drug-likeness (QED) is 0.780. The number of benzene rings is 2. The van der Waals surface area contributed by atoms with Crippen molar-refractivity contribution in [2.45, 2.75) is 12.8 Å².